The molecule has 0 aliphatic heterocycles. The van der Waals surface area contributed by atoms with Crippen LogP contribution in [0.1, 0.15) is 23.6 Å². The molecule has 0 fully saturated rings. The van der Waals surface area contributed by atoms with Gasteiger partial charge in [0.15, 0.2) is 0 Å². The molecule has 1 aromatic rings. The van der Waals surface area contributed by atoms with E-state index >= 15 is 0 Å². The lowest BCUT2D eigenvalue weighted by molar-refractivity contribution is 0.276. The zero-order valence-electron chi connectivity index (χ0n) is 7.48. The maximum absolute atomic E-state index is 8.80. The first-order chi connectivity index (χ1) is 6.27. The molecular weight excluding hydrogens is 166 g/mol. The summed E-state index contributed by atoms with van der Waals surface area (Å²) in [5.41, 5.74) is 7.64. The van der Waals surface area contributed by atoms with Crippen molar-refractivity contribution in [3.8, 4) is 0 Å². The van der Waals surface area contributed by atoms with Crippen LogP contribution in [-0.2, 0) is 6.61 Å². The topological polar surface area (TPSA) is 66.5 Å². The number of benzene rings is 1. The molecule has 4 N–H and O–H groups in total. The van der Waals surface area contributed by atoms with Crippen LogP contribution in [0.2, 0.25) is 0 Å². The Kier molecular flexibility index (Phi) is 3.89. The Labute approximate surface area is 77.8 Å². The Balaban J connectivity index is 2.67. The fourth-order valence-electron chi connectivity index (χ4n) is 1.18. The first-order valence-electron chi connectivity index (χ1n) is 4.34. The summed E-state index contributed by atoms with van der Waals surface area (Å²) >= 11 is 0. The molecule has 0 saturated heterocycles. The van der Waals surface area contributed by atoms with Crippen LogP contribution in [0.3, 0.4) is 0 Å². The normalized spacial score (nSPS) is 12.8. The van der Waals surface area contributed by atoms with Crippen LogP contribution in [0.4, 0.5) is 0 Å². The van der Waals surface area contributed by atoms with Crippen molar-refractivity contribution in [2.45, 2.75) is 19.1 Å². The Morgan fingerprint density at radius 3 is 2.23 bits per heavy atom. The van der Waals surface area contributed by atoms with E-state index in [1.807, 2.05) is 24.3 Å². The first kappa shape index (κ1) is 10.2. The predicted molar refractivity (Wildman–Crippen MR) is 51.0 cm³/mol. The SMILES string of the molecule is N[C@H](CCO)c1ccc(CO)cc1. The van der Waals surface area contributed by atoms with Gasteiger partial charge in [-0.1, -0.05) is 24.3 Å². The van der Waals surface area contributed by atoms with Gasteiger partial charge < -0.3 is 15.9 Å². The van der Waals surface area contributed by atoms with Gasteiger partial charge in [-0.2, -0.15) is 0 Å². The van der Waals surface area contributed by atoms with Gasteiger partial charge in [-0.3, -0.25) is 0 Å². The molecule has 0 radical (unpaired) electrons. The van der Waals surface area contributed by atoms with Gasteiger partial charge in [0.1, 0.15) is 0 Å². The molecule has 0 bridgehead atoms. The van der Waals surface area contributed by atoms with Gasteiger partial charge in [-0.15, -0.1) is 0 Å². The molecule has 1 atom stereocenters. The van der Waals surface area contributed by atoms with Crippen LogP contribution < -0.4 is 5.73 Å². The maximum Gasteiger partial charge on any atom is 0.0681 e. The van der Waals surface area contributed by atoms with Crippen molar-refractivity contribution in [1.82, 2.24) is 0 Å². The predicted octanol–water partition coefficient (Wildman–Crippen LogP) is 0.561. The minimum absolute atomic E-state index is 0.0511. The second-order valence-electron chi connectivity index (χ2n) is 3.02. The molecule has 72 valence electrons. The average Bonchev–Trinajstić information content (AvgIpc) is 2.18. The van der Waals surface area contributed by atoms with Crippen molar-refractivity contribution in [2.24, 2.45) is 5.73 Å². The summed E-state index contributed by atoms with van der Waals surface area (Å²) in [6, 6.07) is 7.33. The minimum atomic E-state index is -0.113. The monoisotopic (exact) mass is 181 g/mol. The lowest BCUT2D eigenvalue weighted by Crippen LogP contribution is -2.11. The second kappa shape index (κ2) is 4.97. The van der Waals surface area contributed by atoms with Gasteiger partial charge >= 0.3 is 0 Å². The minimum Gasteiger partial charge on any atom is -0.396 e. The lowest BCUT2D eigenvalue weighted by Gasteiger charge is -2.10. The van der Waals surface area contributed by atoms with E-state index in [0.29, 0.717) is 6.42 Å². The summed E-state index contributed by atoms with van der Waals surface area (Å²) in [5, 5.41) is 17.5. The summed E-state index contributed by atoms with van der Waals surface area (Å²) in [6.45, 7) is 0.151. The highest BCUT2D eigenvalue weighted by Gasteiger charge is 2.03. The average molecular weight is 181 g/mol. The molecule has 0 aliphatic rings. The highest BCUT2D eigenvalue weighted by atomic mass is 16.3. The standard InChI is InChI=1S/C10H15NO2/c11-10(5-6-12)9-3-1-8(7-13)2-4-9/h1-4,10,12-13H,5-7,11H2/t10-/m1/s1. The molecule has 3 nitrogen and oxygen atoms in total. The zero-order valence-corrected chi connectivity index (χ0v) is 7.48. The van der Waals surface area contributed by atoms with E-state index in [0.717, 1.165) is 11.1 Å². The van der Waals surface area contributed by atoms with Crippen LogP contribution in [-0.4, -0.2) is 16.8 Å². The van der Waals surface area contributed by atoms with Crippen molar-refractivity contribution in [3.05, 3.63) is 35.4 Å². The molecular formula is C10H15NO2. The largest absolute Gasteiger partial charge is 0.396 e. The molecule has 3 heteroatoms. The Morgan fingerprint density at radius 2 is 1.77 bits per heavy atom. The molecule has 0 aliphatic carbocycles. The van der Waals surface area contributed by atoms with E-state index in [-0.39, 0.29) is 19.3 Å². The zero-order chi connectivity index (χ0) is 9.68. The van der Waals surface area contributed by atoms with Gasteiger partial charge in [0, 0.05) is 12.6 Å². The van der Waals surface area contributed by atoms with Crippen molar-refractivity contribution in [2.75, 3.05) is 6.61 Å². The molecule has 13 heavy (non-hydrogen) atoms. The third kappa shape index (κ3) is 2.81. The van der Waals surface area contributed by atoms with Crippen molar-refractivity contribution in [3.63, 3.8) is 0 Å². The fraction of sp³-hybridized carbons (Fsp3) is 0.400. The number of nitrogens with two attached hydrogens (primary N) is 1. The number of aliphatic hydroxyl groups is 2. The first-order valence-corrected chi connectivity index (χ1v) is 4.34. The Hall–Kier alpha value is -0.900. The quantitative estimate of drug-likeness (QED) is 0.636. The van der Waals surface area contributed by atoms with E-state index in [1.54, 1.807) is 0 Å². The number of hydrogen-bond acceptors (Lipinski definition) is 3. The summed E-state index contributed by atoms with van der Waals surface area (Å²) in [5.74, 6) is 0. The molecule has 0 saturated carbocycles. The second-order valence-corrected chi connectivity index (χ2v) is 3.02. The third-order valence-corrected chi connectivity index (χ3v) is 2.03. The van der Waals surface area contributed by atoms with Crippen molar-refractivity contribution in [1.29, 1.82) is 0 Å². The van der Waals surface area contributed by atoms with Crippen molar-refractivity contribution < 1.29 is 10.2 Å². The lowest BCUT2D eigenvalue weighted by atomic mass is 10.0. The van der Waals surface area contributed by atoms with E-state index < -0.39 is 0 Å². The number of aliphatic hydroxyl groups excluding tert-OH is 2. The summed E-state index contributed by atoms with van der Waals surface area (Å²) in [6.07, 6.45) is 0.568. The van der Waals surface area contributed by atoms with E-state index in [1.165, 1.54) is 0 Å². The third-order valence-electron chi connectivity index (χ3n) is 2.03. The van der Waals surface area contributed by atoms with Gasteiger partial charge in [-0.05, 0) is 17.5 Å². The number of rotatable bonds is 4. The molecule has 0 unspecified atom stereocenters. The molecule has 1 rings (SSSR count). The Bertz CT molecular complexity index is 246. The van der Waals surface area contributed by atoms with Crippen LogP contribution >= 0.6 is 0 Å². The van der Waals surface area contributed by atoms with Gasteiger partial charge in [0.2, 0.25) is 0 Å². The number of hydrogen-bond donors (Lipinski definition) is 3. The van der Waals surface area contributed by atoms with Crippen LogP contribution in [0.5, 0.6) is 0 Å². The summed E-state index contributed by atoms with van der Waals surface area (Å²) in [7, 11) is 0. The summed E-state index contributed by atoms with van der Waals surface area (Å²) in [4.78, 5) is 0. The molecule has 0 amide bonds. The summed E-state index contributed by atoms with van der Waals surface area (Å²) < 4.78 is 0. The van der Waals surface area contributed by atoms with Crippen LogP contribution in [0.15, 0.2) is 24.3 Å². The molecule has 0 heterocycles. The Morgan fingerprint density at radius 1 is 1.15 bits per heavy atom. The highest BCUT2D eigenvalue weighted by molar-refractivity contribution is 5.24. The molecule has 1 aromatic carbocycles. The molecule has 0 aromatic heterocycles. The van der Waals surface area contributed by atoms with Crippen LogP contribution in [0, 0.1) is 0 Å². The highest BCUT2D eigenvalue weighted by Crippen LogP contribution is 2.14. The van der Waals surface area contributed by atoms with Gasteiger partial charge in [-0.25, -0.2) is 0 Å². The van der Waals surface area contributed by atoms with E-state index in [4.69, 9.17) is 15.9 Å². The van der Waals surface area contributed by atoms with E-state index in [2.05, 4.69) is 0 Å². The van der Waals surface area contributed by atoms with Crippen molar-refractivity contribution >= 4 is 0 Å². The smallest absolute Gasteiger partial charge is 0.0681 e. The van der Waals surface area contributed by atoms with Crippen LogP contribution in [0.25, 0.3) is 0 Å². The van der Waals surface area contributed by atoms with Gasteiger partial charge in [0.05, 0.1) is 6.61 Å². The maximum atomic E-state index is 8.80. The fourth-order valence-corrected chi connectivity index (χ4v) is 1.18. The van der Waals surface area contributed by atoms with Gasteiger partial charge in [0.25, 0.3) is 0 Å². The van der Waals surface area contributed by atoms with E-state index in [9.17, 15) is 0 Å². The molecule has 0 spiro atoms.